The number of halogens is 1. The van der Waals surface area contributed by atoms with Crippen LogP contribution >= 0.6 is 11.6 Å². The van der Waals surface area contributed by atoms with Gasteiger partial charge < -0.3 is 0 Å². The molecule has 0 aliphatic rings. The van der Waals surface area contributed by atoms with Gasteiger partial charge in [-0.3, -0.25) is 14.9 Å². The zero-order valence-electron chi connectivity index (χ0n) is 11.9. The highest BCUT2D eigenvalue weighted by molar-refractivity contribution is 6.32. The van der Waals surface area contributed by atoms with Crippen LogP contribution in [0.1, 0.15) is 16.2 Å². The van der Waals surface area contributed by atoms with E-state index in [-0.39, 0.29) is 11.6 Å². The summed E-state index contributed by atoms with van der Waals surface area (Å²) in [5.74, 6) is -0.561. The molecule has 116 valence electrons. The highest BCUT2D eigenvalue weighted by Crippen LogP contribution is 2.19. The van der Waals surface area contributed by atoms with E-state index >= 15 is 0 Å². The number of hydrogen-bond donors (Lipinski definition) is 2. The molecule has 0 spiro atoms. The van der Waals surface area contributed by atoms with Gasteiger partial charge in [0.15, 0.2) is 5.69 Å². The van der Waals surface area contributed by atoms with Gasteiger partial charge in [0.05, 0.1) is 10.7 Å². The van der Waals surface area contributed by atoms with Crippen molar-refractivity contribution in [3.05, 3.63) is 63.3 Å². The van der Waals surface area contributed by atoms with Gasteiger partial charge in [-0.1, -0.05) is 23.7 Å². The molecule has 9 heteroatoms. The van der Waals surface area contributed by atoms with Gasteiger partial charge in [0.2, 0.25) is 11.4 Å². The largest absolute Gasteiger partial charge is 0.289 e. The van der Waals surface area contributed by atoms with Gasteiger partial charge >= 0.3 is 0 Å². The van der Waals surface area contributed by atoms with E-state index in [1.54, 1.807) is 31.2 Å². The van der Waals surface area contributed by atoms with Crippen LogP contribution in [0.15, 0.2) is 41.5 Å². The normalized spacial score (nSPS) is 10.5. The number of hydrogen-bond acceptors (Lipinski definition) is 5. The van der Waals surface area contributed by atoms with Crippen LogP contribution in [0.5, 0.6) is 0 Å². The third-order valence-corrected chi connectivity index (χ3v) is 3.37. The van der Waals surface area contributed by atoms with Gasteiger partial charge in [-0.2, -0.15) is 15.2 Å². The van der Waals surface area contributed by atoms with Crippen molar-refractivity contribution in [2.75, 3.05) is 5.32 Å². The molecule has 0 radical (unpaired) electrons. The molecule has 0 saturated carbocycles. The van der Waals surface area contributed by atoms with Crippen molar-refractivity contribution >= 4 is 23.5 Å². The molecule has 0 aliphatic carbocycles. The Morgan fingerprint density at radius 2 is 2.13 bits per heavy atom. The number of carbonyl (C=O) groups excluding carboxylic acids is 1. The summed E-state index contributed by atoms with van der Waals surface area (Å²) < 4.78 is 1.44. The summed E-state index contributed by atoms with van der Waals surface area (Å²) in [6.07, 6.45) is 1.24. The number of aryl methyl sites for hydroxylation is 1. The fourth-order valence-corrected chi connectivity index (χ4v) is 2.22. The van der Waals surface area contributed by atoms with Gasteiger partial charge in [0.1, 0.15) is 6.33 Å². The molecule has 3 aromatic rings. The Kier molecular flexibility index (Phi) is 3.90. The second kappa shape index (κ2) is 6.01. The fraction of sp³-hybridized carbons (Fsp3) is 0.0714. The lowest BCUT2D eigenvalue weighted by molar-refractivity contribution is 0.101. The van der Waals surface area contributed by atoms with E-state index in [1.165, 1.54) is 17.1 Å². The van der Waals surface area contributed by atoms with Crippen molar-refractivity contribution in [2.24, 2.45) is 0 Å². The Hall–Kier alpha value is -3.00. The number of H-pyrrole nitrogens is 1. The number of nitrogens with zero attached hydrogens (tertiary/aromatic N) is 4. The average molecular weight is 331 g/mol. The Morgan fingerprint density at radius 3 is 2.83 bits per heavy atom. The first-order valence-electron chi connectivity index (χ1n) is 6.59. The number of nitrogens with one attached hydrogen (secondary N) is 2. The summed E-state index contributed by atoms with van der Waals surface area (Å²) >= 11 is 6.15. The first-order chi connectivity index (χ1) is 11.1. The molecular weight excluding hydrogens is 320 g/mol. The van der Waals surface area contributed by atoms with Crippen LogP contribution in [0, 0.1) is 6.92 Å². The molecule has 0 atom stereocenters. The number of amides is 1. The Bertz CT molecular complexity index is 919. The summed E-state index contributed by atoms with van der Waals surface area (Å²) in [5, 5.41) is 13.1. The molecule has 1 amide bonds. The van der Waals surface area contributed by atoms with Gasteiger partial charge in [-0.15, -0.1) is 0 Å². The smallest absolute Gasteiger partial charge is 0.282 e. The predicted molar refractivity (Wildman–Crippen MR) is 83.9 cm³/mol. The summed E-state index contributed by atoms with van der Waals surface area (Å²) in [4.78, 5) is 28.0. The number of para-hydroxylation sites is 1. The quantitative estimate of drug-likeness (QED) is 0.758. The van der Waals surface area contributed by atoms with Crippen molar-refractivity contribution in [3.63, 3.8) is 0 Å². The maximum absolute atomic E-state index is 12.2. The van der Waals surface area contributed by atoms with Gasteiger partial charge in [-0.25, -0.2) is 9.78 Å². The zero-order chi connectivity index (χ0) is 16.4. The summed E-state index contributed by atoms with van der Waals surface area (Å²) in [6.45, 7) is 1.70. The first-order valence-corrected chi connectivity index (χ1v) is 6.96. The first kappa shape index (κ1) is 14.9. The van der Waals surface area contributed by atoms with E-state index in [2.05, 4.69) is 25.6 Å². The summed E-state index contributed by atoms with van der Waals surface area (Å²) in [6, 6.07) is 8.33. The summed E-state index contributed by atoms with van der Waals surface area (Å²) in [5.41, 5.74) is 0.356. The van der Waals surface area contributed by atoms with Gasteiger partial charge in [0.25, 0.3) is 5.91 Å². The molecule has 23 heavy (non-hydrogen) atoms. The SMILES string of the molecule is Cc1cc(=O)c(C(=O)Nc2ncn[nH]2)nn1-c1ccccc1Cl. The fourth-order valence-electron chi connectivity index (χ4n) is 2.00. The number of carbonyl (C=O) groups is 1. The van der Waals surface area contributed by atoms with Gasteiger partial charge in [0, 0.05) is 11.8 Å². The Labute approximate surface area is 135 Å². The van der Waals surface area contributed by atoms with E-state index in [0.29, 0.717) is 16.4 Å². The molecule has 0 aliphatic heterocycles. The number of rotatable bonds is 3. The van der Waals surface area contributed by atoms with E-state index < -0.39 is 11.3 Å². The molecule has 0 bridgehead atoms. The lowest BCUT2D eigenvalue weighted by atomic mass is 10.2. The highest BCUT2D eigenvalue weighted by atomic mass is 35.5. The molecule has 2 heterocycles. The molecule has 0 fully saturated rings. The second-order valence-corrected chi connectivity index (χ2v) is 5.06. The predicted octanol–water partition coefficient (Wildman–Crippen LogP) is 1.56. The van der Waals surface area contributed by atoms with Crippen molar-refractivity contribution < 1.29 is 4.79 Å². The van der Waals surface area contributed by atoms with Crippen LogP contribution in [-0.2, 0) is 0 Å². The maximum atomic E-state index is 12.2. The van der Waals surface area contributed by atoms with Crippen molar-refractivity contribution in [1.82, 2.24) is 25.0 Å². The van der Waals surface area contributed by atoms with Crippen LogP contribution in [0.3, 0.4) is 0 Å². The van der Waals surface area contributed by atoms with Crippen LogP contribution in [0.25, 0.3) is 5.69 Å². The Balaban J connectivity index is 2.05. The minimum atomic E-state index is -0.687. The minimum absolute atomic E-state index is 0.126. The van der Waals surface area contributed by atoms with Crippen molar-refractivity contribution in [1.29, 1.82) is 0 Å². The number of aromatic nitrogens is 5. The second-order valence-electron chi connectivity index (χ2n) is 4.65. The van der Waals surface area contributed by atoms with Crippen LogP contribution in [0.2, 0.25) is 5.02 Å². The third kappa shape index (κ3) is 2.97. The lowest BCUT2D eigenvalue weighted by Gasteiger charge is -2.12. The van der Waals surface area contributed by atoms with Crippen LogP contribution in [-0.4, -0.2) is 30.9 Å². The molecule has 0 saturated heterocycles. The minimum Gasteiger partial charge on any atom is -0.289 e. The molecule has 8 nitrogen and oxygen atoms in total. The highest BCUT2D eigenvalue weighted by Gasteiger charge is 2.17. The number of benzene rings is 1. The topological polar surface area (TPSA) is 106 Å². The Morgan fingerprint density at radius 1 is 1.35 bits per heavy atom. The average Bonchev–Trinajstić information content (AvgIpc) is 3.01. The molecule has 3 rings (SSSR count). The van der Waals surface area contributed by atoms with E-state index in [4.69, 9.17) is 11.6 Å². The lowest BCUT2D eigenvalue weighted by Crippen LogP contribution is -2.27. The van der Waals surface area contributed by atoms with E-state index in [9.17, 15) is 9.59 Å². The zero-order valence-corrected chi connectivity index (χ0v) is 12.7. The van der Waals surface area contributed by atoms with Gasteiger partial charge in [-0.05, 0) is 19.1 Å². The number of anilines is 1. The molecular formula is C14H11ClN6O2. The number of aromatic amines is 1. The third-order valence-electron chi connectivity index (χ3n) is 3.05. The summed E-state index contributed by atoms with van der Waals surface area (Å²) in [7, 11) is 0. The van der Waals surface area contributed by atoms with Crippen molar-refractivity contribution in [2.45, 2.75) is 6.92 Å². The van der Waals surface area contributed by atoms with E-state index in [0.717, 1.165) is 0 Å². The molecule has 2 N–H and O–H groups in total. The van der Waals surface area contributed by atoms with Crippen molar-refractivity contribution in [3.8, 4) is 5.69 Å². The maximum Gasteiger partial charge on any atom is 0.282 e. The molecule has 2 aromatic heterocycles. The molecule has 1 aromatic carbocycles. The van der Waals surface area contributed by atoms with Crippen LogP contribution < -0.4 is 10.7 Å². The monoisotopic (exact) mass is 330 g/mol. The molecule has 0 unspecified atom stereocenters. The standard InChI is InChI=1S/C14H11ClN6O2/c1-8-6-11(22)12(13(23)18-14-16-7-17-19-14)20-21(8)10-5-3-2-4-9(10)15/h2-7H,1H3,(H2,16,17,18,19,23). The van der Waals surface area contributed by atoms with Crippen LogP contribution in [0.4, 0.5) is 5.95 Å². The van der Waals surface area contributed by atoms with E-state index in [1.807, 2.05) is 0 Å².